The Morgan fingerprint density at radius 1 is 0.789 bits per heavy atom. The third-order valence-electron chi connectivity index (χ3n) is 5.49. The lowest BCUT2D eigenvalue weighted by Crippen LogP contribution is -2.57. The first-order chi connectivity index (χ1) is 17.8. The summed E-state index contributed by atoms with van der Waals surface area (Å²) in [6, 6.07) is -4.49. The molecule has 0 aliphatic heterocycles. The number of nitrogens with zero attached hydrogens (tertiary/aromatic N) is 1. The lowest BCUT2D eigenvalue weighted by molar-refractivity contribution is -0.142. The van der Waals surface area contributed by atoms with Gasteiger partial charge in [-0.1, -0.05) is 13.8 Å². The second-order valence-electron chi connectivity index (χ2n) is 9.42. The number of nitrogens with two attached hydrogens (primary N) is 4. The van der Waals surface area contributed by atoms with Gasteiger partial charge in [-0.2, -0.15) is 0 Å². The highest BCUT2D eigenvalue weighted by Gasteiger charge is 2.30. The molecule has 0 aliphatic carbocycles. The van der Waals surface area contributed by atoms with Crippen LogP contribution in [-0.2, 0) is 24.0 Å². The number of carboxylic acid groups (broad SMARTS) is 2. The smallest absolute Gasteiger partial charge is 0.326 e. The van der Waals surface area contributed by atoms with E-state index in [9.17, 15) is 29.1 Å². The summed E-state index contributed by atoms with van der Waals surface area (Å²) < 4.78 is 0. The maximum absolute atomic E-state index is 13.1. The van der Waals surface area contributed by atoms with Gasteiger partial charge in [-0.05, 0) is 57.4 Å². The number of carbonyl (C=O) groups excluding carboxylic acids is 3. The van der Waals surface area contributed by atoms with Gasteiger partial charge in [0.2, 0.25) is 17.7 Å². The summed E-state index contributed by atoms with van der Waals surface area (Å²) in [7, 11) is 0. The number of guanidine groups is 1. The van der Waals surface area contributed by atoms with Gasteiger partial charge in [-0.25, -0.2) is 4.79 Å². The van der Waals surface area contributed by atoms with Crippen molar-refractivity contribution >= 4 is 35.6 Å². The molecule has 38 heavy (non-hydrogen) atoms. The summed E-state index contributed by atoms with van der Waals surface area (Å²) in [5.41, 5.74) is 21.8. The number of hydrogen-bond donors (Lipinski definition) is 9. The molecular weight excluding hydrogens is 500 g/mol. The molecule has 0 radical (unpaired) electrons. The molecule has 0 rings (SSSR count). The van der Waals surface area contributed by atoms with Crippen molar-refractivity contribution in [2.45, 2.75) is 89.4 Å². The van der Waals surface area contributed by atoms with Gasteiger partial charge in [0.1, 0.15) is 18.1 Å². The quantitative estimate of drug-likeness (QED) is 0.0456. The van der Waals surface area contributed by atoms with Gasteiger partial charge >= 0.3 is 11.9 Å². The van der Waals surface area contributed by atoms with Gasteiger partial charge < -0.3 is 49.1 Å². The van der Waals surface area contributed by atoms with E-state index in [4.69, 9.17) is 28.0 Å². The fourth-order valence-electron chi connectivity index (χ4n) is 3.46. The molecule has 0 aromatic heterocycles. The predicted molar refractivity (Wildman–Crippen MR) is 141 cm³/mol. The second kappa shape index (κ2) is 18.7. The van der Waals surface area contributed by atoms with E-state index in [2.05, 4.69) is 20.9 Å². The first-order valence-corrected chi connectivity index (χ1v) is 12.6. The molecule has 0 aliphatic rings. The molecule has 0 saturated heterocycles. The van der Waals surface area contributed by atoms with Crippen LogP contribution in [0.1, 0.15) is 65.2 Å². The van der Waals surface area contributed by atoms with Crippen molar-refractivity contribution in [3.8, 4) is 0 Å². The van der Waals surface area contributed by atoms with Crippen LogP contribution in [0.5, 0.6) is 0 Å². The van der Waals surface area contributed by atoms with Gasteiger partial charge in [0, 0.05) is 13.0 Å². The average Bonchev–Trinajstić information content (AvgIpc) is 2.82. The van der Waals surface area contributed by atoms with E-state index in [1.807, 2.05) is 13.8 Å². The lowest BCUT2D eigenvalue weighted by atomic mass is 10.0. The van der Waals surface area contributed by atoms with Gasteiger partial charge in [-0.15, -0.1) is 0 Å². The molecule has 4 unspecified atom stereocenters. The third kappa shape index (κ3) is 15.6. The van der Waals surface area contributed by atoms with Gasteiger partial charge in [0.25, 0.3) is 0 Å². The Labute approximate surface area is 222 Å². The van der Waals surface area contributed by atoms with Crippen LogP contribution in [0.25, 0.3) is 0 Å². The molecule has 3 amide bonds. The number of nitrogens with one attached hydrogen (secondary N) is 3. The summed E-state index contributed by atoms with van der Waals surface area (Å²) in [6.07, 6.45) is 1.43. The van der Waals surface area contributed by atoms with Crippen molar-refractivity contribution < 1.29 is 34.2 Å². The number of hydrogen-bond acceptors (Lipinski definition) is 8. The van der Waals surface area contributed by atoms with Crippen molar-refractivity contribution in [1.82, 2.24) is 16.0 Å². The van der Waals surface area contributed by atoms with E-state index in [0.29, 0.717) is 25.8 Å². The standard InChI is InChI=1S/C23H44N8O7/c1-13(2)12-17(21(36)30-16(22(37)38)7-5-11-28-23(26)27)31-20(35)15(6-3-4-10-24)29-19(34)14(25)8-9-18(32)33/h13-17H,3-12,24-25H2,1-2H3,(H,29,34)(H,30,36)(H,31,35)(H,32,33)(H,37,38)(H4,26,27,28). The van der Waals surface area contributed by atoms with Crippen molar-refractivity contribution in [1.29, 1.82) is 0 Å². The molecule has 0 aromatic carbocycles. The molecule has 15 nitrogen and oxygen atoms in total. The average molecular weight is 545 g/mol. The molecule has 0 bridgehead atoms. The van der Waals surface area contributed by atoms with E-state index in [-0.39, 0.29) is 50.5 Å². The van der Waals surface area contributed by atoms with Gasteiger partial charge in [-0.3, -0.25) is 24.2 Å². The number of carbonyl (C=O) groups is 5. The van der Waals surface area contributed by atoms with Crippen LogP contribution in [0.3, 0.4) is 0 Å². The Kier molecular flexibility index (Phi) is 17.0. The zero-order valence-corrected chi connectivity index (χ0v) is 22.2. The van der Waals surface area contributed by atoms with Crippen LogP contribution < -0.4 is 38.9 Å². The van der Waals surface area contributed by atoms with Crippen LogP contribution >= 0.6 is 0 Å². The highest BCUT2D eigenvalue weighted by Crippen LogP contribution is 2.09. The minimum atomic E-state index is -1.25. The zero-order valence-electron chi connectivity index (χ0n) is 22.2. The van der Waals surface area contributed by atoms with Crippen LogP contribution in [0.4, 0.5) is 0 Å². The highest BCUT2D eigenvalue weighted by atomic mass is 16.4. The molecule has 4 atom stereocenters. The Morgan fingerprint density at radius 3 is 1.87 bits per heavy atom. The van der Waals surface area contributed by atoms with Crippen LogP contribution in [0.15, 0.2) is 4.99 Å². The summed E-state index contributed by atoms with van der Waals surface area (Å²) in [5.74, 6) is -4.56. The summed E-state index contributed by atoms with van der Waals surface area (Å²) in [5, 5.41) is 25.9. The van der Waals surface area contributed by atoms with E-state index in [0.717, 1.165) is 0 Å². The van der Waals surface area contributed by atoms with Crippen LogP contribution in [-0.4, -0.2) is 83.1 Å². The van der Waals surface area contributed by atoms with Crippen molar-refractivity contribution in [2.24, 2.45) is 33.8 Å². The summed E-state index contributed by atoms with van der Waals surface area (Å²) >= 11 is 0. The molecule has 0 fully saturated rings. The SMILES string of the molecule is CC(C)CC(NC(=O)C(CCCCN)NC(=O)C(N)CCC(=O)O)C(=O)NC(CCCN=C(N)N)C(=O)O. The number of rotatable bonds is 20. The maximum Gasteiger partial charge on any atom is 0.326 e. The molecule has 0 aromatic rings. The van der Waals surface area contributed by atoms with Crippen molar-refractivity contribution in [3.05, 3.63) is 0 Å². The van der Waals surface area contributed by atoms with Crippen molar-refractivity contribution in [3.63, 3.8) is 0 Å². The van der Waals surface area contributed by atoms with Crippen LogP contribution in [0.2, 0.25) is 0 Å². The molecule has 15 heteroatoms. The fraction of sp³-hybridized carbons (Fsp3) is 0.739. The van der Waals surface area contributed by atoms with E-state index in [1.165, 1.54) is 0 Å². The first kappa shape index (κ1) is 34.5. The maximum atomic E-state index is 13.1. The normalized spacial score (nSPS) is 14.0. The Bertz CT molecular complexity index is 818. The summed E-state index contributed by atoms with van der Waals surface area (Å²) in [4.78, 5) is 64.8. The topological polar surface area (TPSA) is 278 Å². The monoisotopic (exact) mass is 544 g/mol. The fourth-order valence-corrected chi connectivity index (χ4v) is 3.46. The predicted octanol–water partition coefficient (Wildman–Crippen LogP) is -2.05. The highest BCUT2D eigenvalue weighted by molar-refractivity contribution is 5.94. The third-order valence-corrected chi connectivity index (χ3v) is 5.49. The molecule has 218 valence electrons. The first-order valence-electron chi connectivity index (χ1n) is 12.6. The molecule has 0 saturated carbocycles. The lowest BCUT2D eigenvalue weighted by Gasteiger charge is -2.26. The Hall–Kier alpha value is -3.46. The number of aliphatic carboxylic acids is 2. The summed E-state index contributed by atoms with van der Waals surface area (Å²) in [6.45, 7) is 4.22. The minimum absolute atomic E-state index is 0.0362. The molecular formula is C23H44N8O7. The molecule has 0 spiro atoms. The number of unbranched alkanes of at least 4 members (excludes halogenated alkanes) is 1. The van der Waals surface area contributed by atoms with Gasteiger partial charge in [0.15, 0.2) is 5.96 Å². The van der Waals surface area contributed by atoms with E-state index in [1.54, 1.807) is 0 Å². The largest absolute Gasteiger partial charge is 0.481 e. The van der Waals surface area contributed by atoms with Gasteiger partial charge in [0.05, 0.1) is 6.04 Å². The minimum Gasteiger partial charge on any atom is -0.481 e. The Balaban J connectivity index is 5.48. The Morgan fingerprint density at radius 2 is 1.34 bits per heavy atom. The van der Waals surface area contributed by atoms with E-state index >= 15 is 0 Å². The van der Waals surface area contributed by atoms with E-state index < -0.39 is 53.8 Å². The van der Waals surface area contributed by atoms with Crippen molar-refractivity contribution in [2.75, 3.05) is 13.1 Å². The number of carboxylic acids is 2. The molecule has 13 N–H and O–H groups in total. The molecule has 0 heterocycles. The number of aliphatic imine (C=N–C) groups is 1. The second-order valence-corrected chi connectivity index (χ2v) is 9.42. The number of amides is 3. The zero-order chi connectivity index (χ0) is 29.3. The van der Waals surface area contributed by atoms with Crippen LogP contribution in [0, 0.1) is 5.92 Å².